The van der Waals surface area contributed by atoms with Gasteiger partial charge in [-0.3, -0.25) is 0 Å². The molecular weight excluding hydrogens is 114 g/mol. The summed E-state index contributed by atoms with van der Waals surface area (Å²) in [6.07, 6.45) is 0. The Labute approximate surface area is 41.4 Å². The first-order chi connectivity index (χ1) is 1.00. The lowest BCUT2D eigenvalue weighted by Crippen LogP contribution is -0.804. The Morgan fingerprint density at radius 3 is 1.00 bits per heavy atom. The van der Waals surface area contributed by atoms with Crippen molar-refractivity contribution < 1.29 is 0 Å². The van der Waals surface area contributed by atoms with Crippen LogP contribution in [0.15, 0.2) is 0 Å². The van der Waals surface area contributed by atoms with Gasteiger partial charge in [-0.25, -0.2) is 0 Å². The van der Waals surface area contributed by atoms with Crippen molar-refractivity contribution in [3.63, 3.8) is 0 Å². The third-order valence-corrected chi connectivity index (χ3v) is 0. The lowest BCUT2D eigenvalue weighted by Gasteiger charge is -1.10. The Morgan fingerprint density at radius 1 is 1.00 bits per heavy atom. The molecule has 0 aromatic carbocycles. The predicted molar refractivity (Wildman–Crippen MR) is 30.1 cm³/mol. The zero-order chi connectivity index (χ0) is 2.00. The van der Waals surface area contributed by atoms with Crippen molar-refractivity contribution in [2.75, 3.05) is 6.66 Å². The highest BCUT2D eigenvalue weighted by atomic mass is 35.5. The van der Waals surface area contributed by atoms with Crippen molar-refractivity contribution in [2.24, 2.45) is 0 Å². The minimum Gasteiger partial charge on any atom is -0.147 e. The van der Waals surface area contributed by atoms with Crippen molar-refractivity contribution >= 4 is 34.1 Å². The Kier molecular flexibility index (Phi) is 178. The molecule has 0 spiro atoms. The van der Waals surface area contributed by atoms with Crippen LogP contribution in [0.4, 0.5) is 0 Å². The van der Waals surface area contributed by atoms with E-state index in [1.807, 2.05) is 6.66 Å². The van der Waals surface area contributed by atoms with Crippen molar-refractivity contribution in [1.82, 2.24) is 0 Å². The van der Waals surface area contributed by atoms with E-state index in [2.05, 4.69) is 9.24 Å². The van der Waals surface area contributed by atoms with Gasteiger partial charge in [0.1, 0.15) is 0 Å². The zero-order valence-electron chi connectivity index (χ0n) is 2.39. The summed E-state index contributed by atoms with van der Waals surface area (Å²) >= 11 is 0. The highest BCUT2D eigenvalue weighted by Gasteiger charge is 0.906. The molecule has 0 N–H and O–H groups in total. The Bertz CT molecular complexity index is 6.00. The van der Waals surface area contributed by atoms with Crippen molar-refractivity contribution in [2.45, 2.75) is 0 Å². The molecule has 0 saturated heterocycles. The second kappa shape index (κ2) is 35.6. The molecule has 0 amide bonds. The molecule has 0 aromatic rings. The molecule has 0 saturated carbocycles. The van der Waals surface area contributed by atoms with Crippen LogP contribution in [-0.2, 0) is 0 Å². The van der Waals surface area contributed by atoms with E-state index in [4.69, 9.17) is 0 Å². The van der Waals surface area contributed by atoms with E-state index >= 15 is 0 Å². The molecule has 0 nitrogen and oxygen atoms in total. The van der Waals surface area contributed by atoms with Crippen LogP contribution in [0.5, 0.6) is 0 Å². The lowest BCUT2D eigenvalue weighted by molar-refractivity contribution is 2.53. The molecule has 0 bridgehead atoms. The monoisotopic (exact) mass is 120 g/mol. The molecule has 4 heavy (non-hydrogen) atoms. The summed E-state index contributed by atoms with van der Waals surface area (Å²) in [4.78, 5) is 0. The highest BCUT2D eigenvalue weighted by Crippen LogP contribution is 1.46. The maximum absolute atomic E-state index is 2.42. The topological polar surface area (TPSA) is 0 Å². The summed E-state index contributed by atoms with van der Waals surface area (Å²) in [6, 6.07) is 0. The molecule has 0 aliphatic carbocycles. The maximum atomic E-state index is 2.42. The fourth-order valence-electron chi connectivity index (χ4n) is 0. The molecule has 0 rings (SSSR count). The average molecular weight is 121 g/mol. The van der Waals surface area contributed by atoms with Crippen LogP contribution in [0.1, 0.15) is 0 Å². The molecular formula is CH7Cl2P. The van der Waals surface area contributed by atoms with Gasteiger partial charge in [0.2, 0.25) is 0 Å². The van der Waals surface area contributed by atoms with Crippen LogP contribution in [0.25, 0.3) is 0 Å². The summed E-state index contributed by atoms with van der Waals surface area (Å²) in [5, 5.41) is 0. The van der Waals surface area contributed by atoms with E-state index < -0.39 is 0 Å². The Balaban J connectivity index is -0.00000000500. The van der Waals surface area contributed by atoms with E-state index in [0.29, 0.717) is 0 Å². The minimum absolute atomic E-state index is 0. The van der Waals surface area contributed by atoms with Crippen LogP contribution in [0.3, 0.4) is 0 Å². The smallest absolute Gasteiger partial charge is 0.0500 e. The maximum Gasteiger partial charge on any atom is -0.0500 e. The summed E-state index contributed by atoms with van der Waals surface area (Å²) in [7, 11) is 2.42. The summed E-state index contributed by atoms with van der Waals surface area (Å²) < 4.78 is 0. The molecule has 1 atom stereocenters. The standard InChI is InChI=1S/CH5P.2ClH/c1-2;;/h2H2,1H3;2*1H. The summed E-state index contributed by atoms with van der Waals surface area (Å²) in [6.45, 7) is 1.92. The van der Waals surface area contributed by atoms with Gasteiger partial charge >= 0.3 is 0 Å². The largest absolute Gasteiger partial charge is 0.147 e. The Morgan fingerprint density at radius 2 is 1.00 bits per heavy atom. The first kappa shape index (κ1) is 19.9. The number of halogens is 2. The Hall–Kier alpha value is 1.01. The molecule has 0 aromatic heterocycles. The number of hydrogen-bond acceptors (Lipinski definition) is 0. The minimum atomic E-state index is 0. The fraction of sp³-hybridized carbons (Fsp3) is 1.00. The average Bonchev–Trinajstić information content (AvgIpc) is 1.00. The third kappa shape index (κ3) is 11.9. The summed E-state index contributed by atoms with van der Waals surface area (Å²) in [5.74, 6) is 0. The van der Waals surface area contributed by atoms with Crippen LogP contribution in [-0.4, -0.2) is 6.66 Å². The molecule has 0 radical (unpaired) electrons. The van der Waals surface area contributed by atoms with Crippen molar-refractivity contribution in [1.29, 1.82) is 0 Å². The molecule has 0 fully saturated rings. The van der Waals surface area contributed by atoms with Crippen molar-refractivity contribution in [3.05, 3.63) is 0 Å². The second-order valence-corrected chi connectivity index (χ2v) is 0. The van der Waals surface area contributed by atoms with E-state index in [1.54, 1.807) is 0 Å². The van der Waals surface area contributed by atoms with Crippen molar-refractivity contribution in [3.8, 4) is 0 Å². The van der Waals surface area contributed by atoms with Gasteiger partial charge in [0.05, 0.1) is 0 Å². The highest BCUT2D eigenvalue weighted by molar-refractivity contribution is 7.15. The van der Waals surface area contributed by atoms with Gasteiger partial charge in [0.25, 0.3) is 0 Å². The third-order valence-electron chi connectivity index (χ3n) is 0. The summed E-state index contributed by atoms with van der Waals surface area (Å²) in [5.41, 5.74) is 0. The van der Waals surface area contributed by atoms with Crippen LogP contribution < -0.4 is 0 Å². The van der Waals surface area contributed by atoms with Gasteiger partial charge < -0.3 is 0 Å². The fourth-order valence-corrected chi connectivity index (χ4v) is 0. The second-order valence-electron chi connectivity index (χ2n) is 0. The van der Waals surface area contributed by atoms with E-state index in [-0.39, 0.29) is 24.8 Å². The number of hydrogen-bond donors (Lipinski definition) is 0. The quantitative estimate of drug-likeness (QED) is 0.424. The van der Waals surface area contributed by atoms with Gasteiger partial charge in [-0.2, -0.15) is 0 Å². The van der Waals surface area contributed by atoms with Crippen LogP contribution in [0, 0.1) is 0 Å². The van der Waals surface area contributed by atoms with Gasteiger partial charge in [-0.1, -0.05) is 6.66 Å². The molecule has 0 heterocycles. The van der Waals surface area contributed by atoms with Gasteiger partial charge in [-0.05, 0) is 0 Å². The normalized spacial score (nSPS) is 1.50. The molecule has 1 unspecified atom stereocenters. The first-order valence-corrected chi connectivity index (χ1v) is 1.73. The van der Waals surface area contributed by atoms with Crippen LogP contribution >= 0.6 is 34.1 Å². The SMILES string of the molecule is CP.Cl.Cl. The van der Waals surface area contributed by atoms with E-state index in [0.717, 1.165) is 0 Å². The molecule has 0 aliphatic rings. The predicted octanol–water partition coefficient (Wildman–Crippen LogP) is 1.33. The lowest BCUT2D eigenvalue weighted by atomic mass is 12.0. The molecule has 3 heteroatoms. The van der Waals surface area contributed by atoms with Gasteiger partial charge in [-0.15, -0.1) is 34.1 Å². The molecule has 0 aliphatic heterocycles. The van der Waals surface area contributed by atoms with E-state index in [1.165, 1.54) is 0 Å². The number of rotatable bonds is 0. The van der Waals surface area contributed by atoms with Crippen LogP contribution in [0.2, 0.25) is 0 Å². The first-order valence-electron chi connectivity index (χ1n) is 0.577. The van der Waals surface area contributed by atoms with E-state index in [9.17, 15) is 0 Å². The molecule has 30 valence electrons. The van der Waals surface area contributed by atoms with Gasteiger partial charge in [0.15, 0.2) is 0 Å². The zero-order valence-corrected chi connectivity index (χ0v) is 5.18. The van der Waals surface area contributed by atoms with Gasteiger partial charge in [0, 0.05) is 0 Å².